The molecule has 0 unspecified atom stereocenters. The monoisotopic (exact) mass is 289 g/mol. The van der Waals surface area contributed by atoms with Crippen molar-refractivity contribution in [3.63, 3.8) is 0 Å². The second-order valence-corrected chi connectivity index (χ2v) is 4.54. The Kier molecular flexibility index (Phi) is 7.66. The molecule has 0 spiro atoms. The van der Waals surface area contributed by atoms with E-state index in [2.05, 4.69) is 28.2 Å². The van der Waals surface area contributed by atoms with Crippen LogP contribution in [0.3, 0.4) is 0 Å². The lowest BCUT2D eigenvalue weighted by Crippen LogP contribution is -2.43. The first-order chi connectivity index (χ1) is 8.77. The van der Waals surface area contributed by atoms with Crippen molar-refractivity contribution in [1.82, 2.24) is 16.0 Å². The summed E-state index contributed by atoms with van der Waals surface area (Å²) < 4.78 is 0. The molecule has 1 aliphatic heterocycles. The highest BCUT2D eigenvalue weighted by molar-refractivity contribution is 7.80. The highest BCUT2D eigenvalue weighted by atomic mass is 32.1. The van der Waals surface area contributed by atoms with Crippen LogP contribution in [0.4, 0.5) is 0 Å². The summed E-state index contributed by atoms with van der Waals surface area (Å²) in [6.07, 6.45) is 0.733. The molecule has 1 heterocycles. The number of carboxylic acids is 1. The van der Waals surface area contributed by atoms with Gasteiger partial charge in [0.05, 0.1) is 6.54 Å². The van der Waals surface area contributed by atoms with Crippen molar-refractivity contribution in [2.24, 2.45) is 5.92 Å². The van der Waals surface area contributed by atoms with E-state index in [9.17, 15) is 14.4 Å². The van der Waals surface area contributed by atoms with Crippen LogP contribution in [0.25, 0.3) is 0 Å². The van der Waals surface area contributed by atoms with Gasteiger partial charge in [-0.1, -0.05) is 20.3 Å². The average Bonchev–Trinajstić information content (AvgIpc) is 2.69. The summed E-state index contributed by atoms with van der Waals surface area (Å²) in [6.45, 7) is 5.34. The maximum absolute atomic E-state index is 10.6. The summed E-state index contributed by atoms with van der Waals surface area (Å²) in [7, 11) is 0. The van der Waals surface area contributed by atoms with E-state index in [4.69, 9.17) is 5.11 Å². The quantitative estimate of drug-likeness (QED) is 0.525. The second kappa shape index (κ2) is 8.41. The Morgan fingerprint density at radius 1 is 1.53 bits per heavy atom. The fourth-order valence-corrected chi connectivity index (χ4v) is 1.46. The summed E-state index contributed by atoms with van der Waals surface area (Å²) >= 11 is 4.55. The van der Waals surface area contributed by atoms with Crippen LogP contribution in [0.5, 0.6) is 0 Å². The Balaban J connectivity index is 0.000000388. The zero-order chi connectivity index (χ0) is 15.0. The maximum atomic E-state index is 10.6. The molecule has 0 aromatic heterocycles. The van der Waals surface area contributed by atoms with Crippen molar-refractivity contribution in [2.75, 3.05) is 6.54 Å². The zero-order valence-corrected chi connectivity index (χ0v) is 12.0. The number of hydrogen-bond donors (Lipinski definition) is 4. The Morgan fingerprint density at radius 2 is 2.11 bits per heavy atom. The lowest BCUT2D eigenvalue weighted by Gasteiger charge is -2.18. The molecule has 0 aromatic carbocycles. The molecule has 1 rings (SSSR count). The molecule has 7 nitrogen and oxygen atoms in total. The van der Waals surface area contributed by atoms with Crippen molar-refractivity contribution >= 4 is 35.1 Å². The summed E-state index contributed by atoms with van der Waals surface area (Å²) in [5.41, 5.74) is 0. The van der Waals surface area contributed by atoms with E-state index in [1.165, 1.54) is 6.92 Å². The minimum Gasteiger partial charge on any atom is -0.480 e. The molecular weight excluding hydrogens is 270 g/mol. The van der Waals surface area contributed by atoms with Crippen molar-refractivity contribution in [3.05, 3.63) is 0 Å². The van der Waals surface area contributed by atoms with Gasteiger partial charge in [0.1, 0.15) is 6.04 Å². The first-order valence-electron chi connectivity index (χ1n) is 5.85. The molecule has 8 heteroatoms. The van der Waals surface area contributed by atoms with Crippen LogP contribution in [0, 0.1) is 5.92 Å². The van der Waals surface area contributed by atoms with Gasteiger partial charge < -0.3 is 21.1 Å². The molecule has 2 atom stereocenters. The van der Waals surface area contributed by atoms with E-state index < -0.39 is 12.0 Å². The maximum Gasteiger partial charge on any atom is 0.326 e. The average molecular weight is 289 g/mol. The van der Waals surface area contributed by atoms with Crippen molar-refractivity contribution in [1.29, 1.82) is 0 Å². The molecule has 0 bridgehead atoms. The van der Waals surface area contributed by atoms with Gasteiger partial charge in [0.15, 0.2) is 5.11 Å². The molecule has 4 N–H and O–H groups in total. The standard InChI is InChI=1S/C8H15NO3.C3H4N2OS/c1-4-5(2)7(8(11)12)9-6(3)10;6-2-1-4-3(7)5-2/h5,7H,4H2,1-3H3,(H,9,10)(H,11,12);1H2,(H2,4,5,6,7)/t5-,7-;/m0./s1. The Hall–Kier alpha value is -1.70. The predicted molar refractivity (Wildman–Crippen MR) is 73.4 cm³/mol. The molecular formula is C11H19N3O4S. The minimum atomic E-state index is -0.973. The smallest absolute Gasteiger partial charge is 0.326 e. The minimum absolute atomic E-state index is 0.0357. The van der Waals surface area contributed by atoms with Crippen LogP contribution < -0.4 is 16.0 Å². The molecule has 1 aliphatic rings. The van der Waals surface area contributed by atoms with Crippen molar-refractivity contribution in [3.8, 4) is 0 Å². The third kappa shape index (κ3) is 7.35. The van der Waals surface area contributed by atoms with E-state index in [0.717, 1.165) is 6.42 Å². The number of amides is 2. The first-order valence-corrected chi connectivity index (χ1v) is 6.26. The molecule has 0 radical (unpaired) electrons. The number of aliphatic carboxylic acids is 1. The van der Waals surface area contributed by atoms with Gasteiger partial charge in [-0.2, -0.15) is 0 Å². The highest BCUT2D eigenvalue weighted by Gasteiger charge is 2.23. The van der Waals surface area contributed by atoms with Gasteiger partial charge in [0, 0.05) is 6.92 Å². The zero-order valence-electron chi connectivity index (χ0n) is 11.1. The number of rotatable bonds is 4. The van der Waals surface area contributed by atoms with Gasteiger partial charge in [-0.15, -0.1) is 0 Å². The third-order valence-electron chi connectivity index (χ3n) is 2.50. The fraction of sp³-hybridized carbons (Fsp3) is 0.636. The second-order valence-electron chi connectivity index (χ2n) is 4.13. The predicted octanol–water partition coefficient (Wildman–Crippen LogP) is -0.387. The Labute approximate surface area is 117 Å². The summed E-state index contributed by atoms with van der Waals surface area (Å²) in [5.74, 6) is -1.36. The summed E-state index contributed by atoms with van der Waals surface area (Å²) in [4.78, 5) is 31.4. The van der Waals surface area contributed by atoms with Crippen LogP contribution in [-0.2, 0) is 14.4 Å². The van der Waals surface area contributed by atoms with E-state index >= 15 is 0 Å². The number of carbonyl (C=O) groups excluding carboxylic acids is 2. The van der Waals surface area contributed by atoms with E-state index in [1.807, 2.05) is 6.92 Å². The number of carbonyl (C=O) groups is 3. The normalized spacial score (nSPS) is 16.4. The number of thiocarbonyl (C=S) groups is 1. The molecule has 1 fully saturated rings. The van der Waals surface area contributed by atoms with E-state index in [1.54, 1.807) is 6.92 Å². The van der Waals surface area contributed by atoms with Crippen LogP contribution >= 0.6 is 12.2 Å². The van der Waals surface area contributed by atoms with Gasteiger partial charge in [-0.3, -0.25) is 9.59 Å². The molecule has 108 valence electrons. The number of hydrogen-bond acceptors (Lipinski definition) is 4. The van der Waals surface area contributed by atoms with Gasteiger partial charge in [-0.05, 0) is 18.1 Å². The third-order valence-corrected chi connectivity index (χ3v) is 2.75. The molecule has 1 saturated heterocycles. The van der Waals surface area contributed by atoms with E-state index in [0.29, 0.717) is 11.7 Å². The molecule has 2 amide bonds. The topological polar surface area (TPSA) is 108 Å². The molecule has 19 heavy (non-hydrogen) atoms. The molecule has 0 aliphatic carbocycles. The van der Waals surface area contributed by atoms with Gasteiger partial charge in [-0.25, -0.2) is 4.79 Å². The van der Waals surface area contributed by atoms with Crippen LogP contribution in [0.2, 0.25) is 0 Å². The summed E-state index contributed by atoms with van der Waals surface area (Å²) in [6, 6.07) is -0.757. The van der Waals surface area contributed by atoms with Crippen LogP contribution in [-0.4, -0.2) is 40.6 Å². The highest BCUT2D eigenvalue weighted by Crippen LogP contribution is 2.07. The lowest BCUT2D eigenvalue weighted by molar-refractivity contribution is -0.143. The molecule has 0 saturated carbocycles. The fourth-order valence-electron chi connectivity index (χ4n) is 1.28. The van der Waals surface area contributed by atoms with Gasteiger partial charge >= 0.3 is 5.97 Å². The Bertz CT molecular complexity index is 359. The van der Waals surface area contributed by atoms with E-state index in [-0.39, 0.29) is 17.7 Å². The largest absolute Gasteiger partial charge is 0.480 e. The van der Waals surface area contributed by atoms with Crippen molar-refractivity contribution in [2.45, 2.75) is 33.2 Å². The number of nitrogens with one attached hydrogen (secondary N) is 3. The first kappa shape index (κ1) is 17.3. The summed E-state index contributed by atoms with van der Waals surface area (Å²) in [5, 5.41) is 16.6. The van der Waals surface area contributed by atoms with Gasteiger partial charge in [0.2, 0.25) is 11.8 Å². The number of carboxylic acid groups (broad SMARTS) is 1. The van der Waals surface area contributed by atoms with Crippen LogP contribution in [0.15, 0.2) is 0 Å². The van der Waals surface area contributed by atoms with Gasteiger partial charge in [0.25, 0.3) is 0 Å². The Morgan fingerprint density at radius 3 is 2.32 bits per heavy atom. The van der Waals surface area contributed by atoms with Crippen LogP contribution in [0.1, 0.15) is 27.2 Å². The molecule has 0 aromatic rings. The van der Waals surface area contributed by atoms with Crippen molar-refractivity contribution < 1.29 is 19.5 Å². The SMILES string of the molecule is CC[C@H](C)[C@H](NC(C)=O)C(=O)O.O=C1CNC(=S)N1. The lowest BCUT2D eigenvalue weighted by atomic mass is 9.99.